The van der Waals surface area contributed by atoms with Gasteiger partial charge in [-0.25, -0.2) is 4.98 Å². The van der Waals surface area contributed by atoms with E-state index in [9.17, 15) is 9.90 Å². The number of hydrogen-bond acceptors (Lipinski definition) is 5. The third kappa shape index (κ3) is 3.07. The Morgan fingerprint density at radius 1 is 1.04 bits per heavy atom. The lowest BCUT2D eigenvalue weighted by atomic mass is 10.1. The molecule has 2 N–H and O–H groups in total. The smallest absolute Gasteiger partial charge is 0.325 e. The molecule has 1 unspecified atom stereocenters. The topological polar surface area (TPSA) is 83.6 Å². The predicted octanol–water partition coefficient (Wildman–Crippen LogP) is 3.77. The molecule has 0 spiro atoms. The molecule has 6 heteroatoms. The summed E-state index contributed by atoms with van der Waals surface area (Å²) < 4.78 is 5.67. The number of phenols is 1. The summed E-state index contributed by atoms with van der Waals surface area (Å²) in [6.07, 6.45) is 0. The van der Waals surface area contributed by atoms with Gasteiger partial charge in [-0.2, -0.15) is 12.6 Å². The number of aromatic nitrogens is 1. The van der Waals surface area contributed by atoms with Gasteiger partial charge < -0.3 is 14.6 Å². The fourth-order valence-electron chi connectivity index (χ4n) is 2.16. The molecule has 1 aromatic heterocycles. The van der Waals surface area contributed by atoms with E-state index in [4.69, 9.17) is 9.52 Å². The molecule has 0 saturated carbocycles. The van der Waals surface area contributed by atoms with Gasteiger partial charge in [0.25, 0.3) is 0 Å². The van der Waals surface area contributed by atoms with Crippen LogP contribution in [0.3, 0.4) is 0 Å². The number of carboxylic acids is 1. The molecule has 0 saturated heterocycles. The van der Waals surface area contributed by atoms with E-state index in [2.05, 4.69) is 17.6 Å². The quantitative estimate of drug-likeness (QED) is 0.635. The van der Waals surface area contributed by atoms with Crippen molar-refractivity contribution in [1.29, 1.82) is 0 Å². The summed E-state index contributed by atoms with van der Waals surface area (Å²) in [4.78, 5) is 15.4. The van der Waals surface area contributed by atoms with Crippen molar-refractivity contribution in [3.8, 4) is 28.3 Å². The number of aliphatic carboxylic acids is 1. The number of carboxylic acid groups (broad SMARTS) is 1. The lowest BCUT2D eigenvalue weighted by Crippen LogP contribution is -2.05. The van der Waals surface area contributed by atoms with Gasteiger partial charge in [0.1, 0.15) is 11.4 Å². The van der Waals surface area contributed by atoms with Crippen LogP contribution in [0.2, 0.25) is 0 Å². The minimum absolute atomic E-state index is 0.0164. The first-order valence-corrected chi connectivity index (χ1v) is 7.34. The van der Waals surface area contributed by atoms with Crippen LogP contribution in [0.25, 0.3) is 22.6 Å². The van der Waals surface area contributed by atoms with Crippen molar-refractivity contribution in [2.75, 3.05) is 0 Å². The fourth-order valence-corrected chi connectivity index (χ4v) is 2.27. The van der Waals surface area contributed by atoms with Gasteiger partial charge in [0.2, 0.25) is 5.89 Å². The zero-order valence-corrected chi connectivity index (χ0v) is 12.8. The zero-order chi connectivity index (χ0) is 16.4. The number of nitrogens with zero attached hydrogens (tertiary/aromatic N) is 1. The van der Waals surface area contributed by atoms with Crippen molar-refractivity contribution in [1.82, 2.24) is 4.98 Å². The molecule has 0 radical (unpaired) electrons. The second kappa shape index (κ2) is 6.18. The van der Waals surface area contributed by atoms with E-state index in [0.29, 0.717) is 17.0 Å². The molecule has 3 rings (SSSR count). The second-order valence-corrected chi connectivity index (χ2v) is 5.40. The molecular weight excluding hydrogens is 314 g/mol. The lowest BCUT2D eigenvalue weighted by molar-refractivity contribution is -0.136. The number of carbonyl (C=O) groups is 1. The molecule has 1 atom stereocenters. The third-order valence-electron chi connectivity index (χ3n) is 3.29. The van der Waals surface area contributed by atoms with E-state index in [1.54, 1.807) is 12.1 Å². The van der Waals surface area contributed by atoms with Crippen LogP contribution in [0.4, 0.5) is 0 Å². The Bertz CT molecular complexity index is 828. The Hall–Kier alpha value is -2.73. The Labute approximate surface area is 137 Å². The first-order valence-electron chi connectivity index (χ1n) is 6.82. The highest BCUT2D eigenvalue weighted by Gasteiger charge is 2.25. The second-order valence-electron chi connectivity index (χ2n) is 4.88. The summed E-state index contributed by atoms with van der Waals surface area (Å²) in [6, 6.07) is 15.7. The summed E-state index contributed by atoms with van der Waals surface area (Å²) in [6.45, 7) is 0. The largest absolute Gasteiger partial charge is 0.508 e. The van der Waals surface area contributed by atoms with Crippen LogP contribution in [-0.2, 0) is 4.79 Å². The van der Waals surface area contributed by atoms with Crippen LogP contribution in [0.1, 0.15) is 11.1 Å². The van der Waals surface area contributed by atoms with Crippen LogP contribution in [0, 0.1) is 0 Å². The average molecular weight is 327 g/mol. The maximum absolute atomic E-state index is 11.1. The highest BCUT2D eigenvalue weighted by Crippen LogP contribution is 2.36. The third-order valence-corrected chi connectivity index (χ3v) is 3.73. The number of hydrogen-bond donors (Lipinski definition) is 3. The molecule has 2 aromatic carbocycles. The van der Waals surface area contributed by atoms with Crippen LogP contribution in [-0.4, -0.2) is 21.2 Å². The van der Waals surface area contributed by atoms with E-state index in [1.165, 1.54) is 12.1 Å². The molecule has 0 aliphatic rings. The zero-order valence-electron chi connectivity index (χ0n) is 11.9. The number of oxazole rings is 1. The van der Waals surface area contributed by atoms with Gasteiger partial charge in [0.05, 0.1) is 0 Å². The SMILES string of the molecule is O=C(O)C(S)c1nc(-c2ccccc2)c(-c2ccc(O)cc2)o1. The molecule has 0 amide bonds. The van der Waals surface area contributed by atoms with Crippen molar-refractivity contribution >= 4 is 18.6 Å². The number of aromatic hydroxyl groups is 1. The standard InChI is InChI=1S/C17H13NO4S/c19-12-8-6-11(7-9-12)14-13(10-4-2-1-3-5-10)18-16(22-14)15(23)17(20)21/h1-9,15,19,23H,(H,20,21). The summed E-state index contributed by atoms with van der Waals surface area (Å²) in [7, 11) is 0. The van der Waals surface area contributed by atoms with E-state index in [1.807, 2.05) is 30.3 Å². The molecule has 23 heavy (non-hydrogen) atoms. The number of rotatable bonds is 4. The average Bonchev–Trinajstić information content (AvgIpc) is 3.00. The minimum atomic E-state index is -1.15. The highest BCUT2D eigenvalue weighted by molar-refractivity contribution is 7.81. The van der Waals surface area contributed by atoms with Gasteiger partial charge in [0, 0.05) is 11.1 Å². The van der Waals surface area contributed by atoms with Crippen LogP contribution in [0.5, 0.6) is 5.75 Å². The van der Waals surface area contributed by atoms with E-state index in [-0.39, 0.29) is 11.6 Å². The van der Waals surface area contributed by atoms with Crippen molar-refractivity contribution in [3.63, 3.8) is 0 Å². The molecule has 116 valence electrons. The molecule has 1 heterocycles. The van der Waals surface area contributed by atoms with E-state index >= 15 is 0 Å². The minimum Gasteiger partial charge on any atom is -0.508 e. The summed E-state index contributed by atoms with van der Waals surface area (Å²) in [5.41, 5.74) is 2.02. The lowest BCUT2D eigenvalue weighted by Gasteiger charge is -2.01. The van der Waals surface area contributed by atoms with Gasteiger partial charge >= 0.3 is 5.97 Å². The van der Waals surface area contributed by atoms with Gasteiger partial charge in [-0.05, 0) is 24.3 Å². The fraction of sp³-hybridized carbons (Fsp3) is 0.0588. The van der Waals surface area contributed by atoms with Gasteiger partial charge in [-0.1, -0.05) is 30.3 Å². The predicted molar refractivity (Wildman–Crippen MR) is 88.4 cm³/mol. The van der Waals surface area contributed by atoms with Crippen LogP contribution in [0.15, 0.2) is 59.0 Å². The molecule has 0 aliphatic carbocycles. The van der Waals surface area contributed by atoms with Crippen molar-refractivity contribution in [2.24, 2.45) is 0 Å². The molecule has 0 fully saturated rings. The molecule has 5 nitrogen and oxygen atoms in total. The first kappa shape index (κ1) is 15.2. The molecule has 0 bridgehead atoms. The number of thiol groups is 1. The highest BCUT2D eigenvalue weighted by atomic mass is 32.1. The maximum atomic E-state index is 11.1. The van der Waals surface area contributed by atoms with Crippen LogP contribution < -0.4 is 0 Å². The molecular formula is C17H13NO4S. The number of benzene rings is 2. The Morgan fingerprint density at radius 3 is 2.30 bits per heavy atom. The summed E-state index contributed by atoms with van der Waals surface area (Å²) >= 11 is 4.02. The van der Waals surface area contributed by atoms with Crippen molar-refractivity contribution < 1.29 is 19.4 Å². The Kier molecular flexibility index (Phi) is 4.08. The van der Waals surface area contributed by atoms with Crippen molar-refractivity contribution in [3.05, 3.63) is 60.5 Å². The van der Waals surface area contributed by atoms with Crippen LogP contribution >= 0.6 is 12.6 Å². The molecule has 3 aromatic rings. The first-order chi connectivity index (χ1) is 11.1. The monoisotopic (exact) mass is 327 g/mol. The van der Waals surface area contributed by atoms with Gasteiger partial charge in [-0.3, -0.25) is 4.79 Å². The van der Waals surface area contributed by atoms with E-state index in [0.717, 1.165) is 5.56 Å². The summed E-state index contributed by atoms with van der Waals surface area (Å²) in [5, 5.41) is 17.4. The van der Waals surface area contributed by atoms with Crippen molar-refractivity contribution in [2.45, 2.75) is 5.25 Å². The Balaban J connectivity index is 2.16. The maximum Gasteiger partial charge on any atom is 0.325 e. The normalized spacial score (nSPS) is 12.0. The number of phenolic OH excluding ortho intramolecular Hbond substituents is 1. The van der Waals surface area contributed by atoms with Gasteiger partial charge in [0.15, 0.2) is 11.0 Å². The van der Waals surface area contributed by atoms with E-state index < -0.39 is 11.2 Å². The Morgan fingerprint density at radius 2 is 1.70 bits per heavy atom. The van der Waals surface area contributed by atoms with Gasteiger partial charge in [-0.15, -0.1) is 0 Å². The molecule has 0 aliphatic heterocycles. The summed E-state index contributed by atoms with van der Waals surface area (Å²) in [5.74, 6) is -0.548.